The van der Waals surface area contributed by atoms with Gasteiger partial charge in [-0.05, 0) is 12.0 Å². The van der Waals surface area contributed by atoms with Crippen LogP contribution in [0.1, 0.15) is 35.9 Å². The zero-order valence-electron chi connectivity index (χ0n) is 9.71. The Labute approximate surface area is 95.0 Å². The highest BCUT2D eigenvalue weighted by atomic mass is 16.1. The molecule has 0 atom stereocenters. The lowest BCUT2D eigenvalue weighted by molar-refractivity contribution is 0.0937. The third-order valence-electron chi connectivity index (χ3n) is 2.87. The molecular weight excluding hydrogens is 204 g/mol. The van der Waals surface area contributed by atoms with Crippen LogP contribution in [0, 0.1) is 5.92 Å². The fourth-order valence-corrected chi connectivity index (χ4v) is 1.57. The van der Waals surface area contributed by atoms with E-state index in [1.54, 1.807) is 0 Å². The summed E-state index contributed by atoms with van der Waals surface area (Å²) < 4.78 is 0. The van der Waals surface area contributed by atoms with Gasteiger partial charge in [0.15, 0.2) is 0 Å². The molecule has 0 bridgehead atoms. The molecule has 1 saturated heterocycles. The van der Waals surface area contributed by atoms with Crippen LogP contribution in [-0.4, -0.2) is 35.7 Å². The van der Waals surface area contributed by atoms with Gasteiger partial charge in [-0.3, -0.25) is 9.89 Å². The van der Waals surface area contributed by atoms with E-state index in [4.69, 9.17) is 0 Å². The van der Waals surface area contributed by atoms with Crippen molar-refractivity contribution in [3.05, 3.63) is 17.5 Å². The van der Waals surface area contributed by atoms with Gasteiger partial charge in [0.25, 0.3) is 5.91 Å². The predicted octanol–water partition coefficient (Wildman–Crippen LogP) is 0.482. The van der Waals surface area contributed by atoms with Crippen LogP contribution in [0.2, 0.25) is 0 Å². The first kappa shape index (κ1) is 11.1. The number of carbonyl (C=O) groups is 1. The highest BCUT2D eigenvalue weighted by Crippen LogP contribution is 2.11. The van der Waals surface area contributed by atoms with Gasteiger partial charge >= 0.3 is 0 Å². The summed E-state index contributed by atoms with van der Waals surface area (Å²) in [6.07, 6.45) is 0. The Bertz CT molecular complexity index is 368. The van der Waals surface area contributed by atoms with Gasteiger partial charge < -0.3 is 10.6 Å². The molecule has 16 heavy (non-hydrogen) atoms. The predicted molar refractivity (Wildman–Crippen MR) is 61.4 cm³/mol. The number of hydrogen-bond acceptors (Lipinski definition) is 3. The Morgan fingerprint density at radius 1 is 1.62 bits per heavy atom. The summed E-state index contributed by atoms with van der Waals surface area (Å²) in [6.45, 7) is 6.86. The molecule has 1 aromatic heterocycles. The van der Waals surface area contributed by atoms with Crippen LogP contribution in [0.5, 0.6) is 0 Å². The zero-order chi connectivity index (χ0) is 11.5. The lowest BCUT2D eigenvalue weighted by Crippen LogP contribution is -2.48. The van der Waals surface area contributed by atoms with Crippen LogP contribution in [0.4, 0.5) is 0 Å². The fourth-order valence-electron chi connectivity index (χ4n) is 1.57. The molecule has 5 nitrogen and oxygen atoms in total. The molecule has 1 fully saturated rings. The molecule has 1 aromatic rings. The Kier molecular flexibility index (Phi) is 3.24. The number of amides is 1. The summed E-state index contributed by atoms with van der Waals surface area (Å²) in [7, 11) is 0. The number of nitrogens with zero attached hydrogens (tertiary/aromatic N) is 1. The van der Waals surface area contributed by atoms with Crippen LogP contribution in [0.25, 0.3) is 0 Å². The van der Waals surface area contributed by atoms with Crippen LogP contribution < -0.4 is 10.6 Å². The second-order valence-corrected chi connectivity index (χ2v) is 4.60. The number of carbonyl (C=O) groups excluding carboxylic acids is 1. The standard InChI is InChI=1S/C11H18N4O/c1-7(2)9-3-10(15-14-9)11(16)13-6-8-4-12-5-8/h3,7-8,12H,4-6H2,1-2H3,(H,13,16)(H,14,15). The molecule has 0 aliphatic carbocycles. The van der Waals surface area contributed by atoms with E-state index in [0.29, 0.717) is 17.5 Å². The molecule has 0 saturated carbocycles. The molecule has 0 aromatic carbocycles. The van der Waals surface area contributed by atoms with Gasteiger partial charge in [0.05, 0.1) is 0 Å². The van der Waals surface area contributed by atoms with E-state index in [9.17, 15) is 4.79 Å². The number of rotatable bonds is 4. The number of hydrogen-bond donors (Lipinski definition) is 3. The Hall–Kier alpha value is -1.36. The number of H-pyrrole nitrogens is 1. The number of nitrogens with one attached hydrogen (secondary N) is 3. The van der Waals surface area contributed by atoms with Gasteiger partial charge in [-0.25, -0.2) is 0 Å². The average Bonchev–Trinajstić information content (AvgIpc) is 2.63. The van der Waals surface area contributed by atoms with Crippen molar-refractivity contribution in [2.24, 2.45) is 5.92 Å². The molecule has 1 aliphatic rings. The van der Waals surface area contributed by atoms with Gasteiger partial charge in [-0.15, -0.1) is 0 Å². The summed E-state index contributed by atoms with van der Waals surface area (Å²) in [5, 5.41) is 12.9. The summed E-state index contributed by atoms with van der Waals surface area (Å²) in [6, 6.07) is 1.82. The van der Waals surface area contributed by atoms with E-state index in [-0.39, 0.29) is 5.91 Å². The SMILES string of the molecule is CC(C)c1cc(C(=O)NCC2CNC2)n[nH]1. The molecule has 2 rings (SSSR count). The Morgan fingerprint density at radius 2 is 2.38 bits per heavy atom. The Morgan fingerprint density at radius 3 is 2.88 bits per heavy atom. The van der Waals surface area contributed by atoms with Gasteiger partial charge in [0.2, 0.25) is 0 Å². The second kappa shape index (κ2) is 4.65. The van der Waals surface area contributed by atoms with E-state index >= 15 is 0 Å². The molecule has 0 radical (unpaired) electrons. The third-order valence-corrected chi connectivity index (χ3v) is 2.87. The third kappa shape index (κ3) is 2.41. The highest BCUT2D eigenvalue weighted by Gasteiger charge is 2.18. The minimum Gasteiger partial charge on any atom is -0.350 e. The minimum absolute atomic E-state index is 0.0879. The minimum atomic E-state index is -0.0879. The summed E-state index contributed by atoms with van der Waals surface area (Å²) in [4.78, 5) is 11.7. The van der Waals surface area contributed by atoms with Gasteiger partial charge in [0.1, 0.15) is 5.69 Å². The molecule has 0 spiro atoms. The monoisotopic (exact) mass is 222 g/mol. The largest absolute Gasteiger partial charge is 0.350 e. The molecule has 0 unspecified atom stereocenters. The molecule has 88 valence electrons. The summed E-state index contributed by atoms with van der Waals surface area (Å²) in [5.41, 5.74) is 1.48. The second-order valence-electron chi connectivity index (χ2n) is 4.60. The van der Waals surface area contributed by atoms with E-state index in [2.05, 4.69) is 34.7 Å². The van der Waals surface area contributed by atoms with Gasteiger partial charge in [-0.1, -0.05) is 13.8 Å². The van der Waals surface area contributed by atoms with Crippen molar-refractivity contribution in [3.63, 3.8) is 0 Å². The maximum absolute atomic E-state index is 11.7. The topological polar surface area (TPSA) is 69.8 Å². The van der Waals surface area contributed by atoms with E-state index in [0.717, 1.165) is 25.3 Å². The van der Waals surface area contributed by atoms with Crippen molar-refractivity contribution < 1.29 is 4.79 Å². The van der Waals surface area contributed by atoms with Crippen molar-refractivity contribution in [2.45, 2.75) is 19.8 Å². The average molecular weight is 222 g/mol. The summed E-state index contributed by atoms with van der Waals surface area (Å²) >= 11 is 0. The maximum Gasteiger partial charge on any atom is 0.271 e. The van der Waals surface area contributed by atoms with E-state index in [1.165, 1.54) is 0 Å². The van der Waals surface area contributed by atoms with Crippen molar-refractivity contribution in [1.29, 1.82) is 0 Å². The first-order valence-corrected chi connectivity index (χ1v) is 5.71. The zero-order valence-corrected chi connectivity index (χ0v) is 9.71. The van der Waals surface area contributed by atoms with Crippen LogP contribution >= 0.6 is 0 Å². The molecular formula is C11H18N4O. The molecule has 1 aliphatic heterocycles. The van der Waals surface area contributed by atoms with Crippen LogP contribution in [-0.2, 0) is 0 Å². The quantitative estimate of drug-likeness (QED) is 0.694. The van der Waals surface area contributed by atoms with E-state index in [1.807, 2.05) is 6.07 Å². The van der Waals surface area contributed by atoms with Crippen LogP contribution in [0.15, 0.2) is 6.07 Å². The number of aromatic amines is 1. The highest BCUT2D eigenvalue weighted by molar-refractivity contribution is 5.92. The first-order chi connectivity index (χ1) is 7.66. The molecule has 2 heterocycles. The maximum atomic E-state index is 11.7. The molecule has 3 N–H and O–H groups in total. The van der Waals surface area contributed by atoms with Crippen molar-refractivity contribution in [1.82, 2.24) is 20.8 Å². The van der Waals surface area contributed by atoms with Gasteiger partial charge in [0, 0.05) is 31.2 Å². The van der Waals surface area contributed by atoms with E-state index < -0.39 is 0 Å². The number of aromatic nitrogens is 2. The van der Waals surface area contributed by atoms with Gasteiger partial charge in [-0.2, -0.15) is 5.10 Å². The first-order valence-electron chi connectivity index (χ1n) is 5.71. The van der Waals surface area contributed by atoms with Crippen molar-refractivity contribution in [2.75, 3.05) is 19.6 Å². The lowest BCUT2D eigenvalue weighted by atomic mass is 10.0. The smallest absolute Gasteiger partial charge is 0.271 e. The van der Waals surface area contributed by atoms with Crippen molar-refractivity contribution >= 4 is 5.91 Å². The van der Waals surface area contributed by atoms with Crippen molar-refractivity contribution in [3.8, 4) is 0 Å². The molecule has 1 amide bonds. The lowest BCUT2D eigenvalue weighted by Gasteiger charge is -2.26. The normalized spacial score (nSPS) is 16.2. The Balaban J connectivity index is 1.87. The summed E-state index contributed by atoms with van der Waals surface area (Å²) in [5.74, 6) is 0.854. The van der Waals surface area contributed by atoms with Crippen LogP contribution in [0.3, 0.4) is 0 Å². The molecule has 5 heteroatoms. The fraction of sp³-hybridized carbons (Fsp3) is 0.636.